The molecule has 5 nitrogen and oxygen atoms in total. The molecule has 4 rings (SSSR count). The van der Waals surface area contributed by atoms with Gasteiger partial charge in [0.05, 0.1) is 21.8 Å². The van der Waals surface area contributed by atoms with Gasteiger partial charge in [0, 0.05) is 4.88 Å². The molecule has 0 unspecified atom stereocenters. The van der Waals surface area contributed by atoms with Crippen molar-refractivity contribution in [2.45, 2.75) is 38.8 Å². The highest BCUT2D eigenvalue weighted by atomic mass is 32.1. The standard InChI is InChI=1S/C20H19F3N4OS/c1-2-12-3-6-17-13(7-12)8-18(29-17)19(28)26-15-9-14(20(21,22)23)4-5-16(15)27-11-24-10-25-27/h4-5,8-12H,2-3,6-7H2,1H3,(H,26,28)/t12-/m0/s1. The van der Waals surface area contributed by atoms with Crippen molar-refractivity contribution in [3.63, 3.8) is 0 Å². The van der Waals surface area contributed by atoms with Crippen molar-refractivity contribution in [1.82, 2.24) is 14.8 Å². The summed E-state index contributed by atoms with van der Waals surface area (Å²) in [6.07, 6.45) is 2.23. The first kappa shape index (κ1) is 19.6. The van der Waals surface area contributed by atoms with Gasteiger partial charge in [0.1, 0.15) is 12.7 Å². The Morgan fingerprint density at radius 2 is 2.17 bits per heavy atom. The highest BCUT2D eigenvalue weighted by Crippen LogP contribution is 2.36. The number of amides is 1. The van der Waals surface area contributed by atoms with Crippen LogP contribution in [-0.2, 0) is 19.0 Å². The third kappa shape index (κ3) is 4.05. The van der Waals surface area contributed by atoms with E-state index in [9.17, 15) is 18.0 Å². The van der Waals surface area contributed by atoms with Gasteiger partial charge in [0.15, 0.2) is 0 Å². The summed E-state index contributed by atoms with van der Waals surface area (Å²) in [5, 5.41) is 6.61. The summed E-state index contributed by atoms with van der Waals surface area (Å²) in [5.41, 5.74) is 0.691. The fourth-order valence-electron chi connectivity index (χ4n) is 3.59. The minimum atomic E-state index is -4.52. The lowest BCUT2D eigenvalue weighted by molar-refractivity contribution is -0.137. The smallest absolute Gasteiger partial charge is 0.319 e. The molecule has 0 fully saturated rings. The van der Waals surface area contributed by atoms with E-state index in [1.165, 1.54) is 45.2 Å². The van der Waals surface area contributed by atoms with Gasteiger partial charge >= 0.3 is 6.18 Å². The largest absolute Gasteiger partial charge is 0.416 e. The number of fused-ring (bicyclic) bond motifs is 1. The van der Waals surface area contributed by atoms with Crippen LogP contribution in [0.15, 0.2) is 36.9 Å². The molecule has 1 atom stereocenters. The Morgan fingerprint density at radius 3 is 2.86 bits per heavy atom. The lowest BCUT2D eigenvalue weighted by atomic mass is 9.87. The molecule has 0 aliphatic heterocycles. The van der Waals surface area contributed by atoms with Crippen molar-refractivity contribution in [2.24, 2.45) is 5.92 Å². The highest BCUT2D eigenvalue weighted by Gasteiger charge is 2.31. The van der Waals surface area contributed by atoms with E-state index in [0.717, 1.165) is 37.8 Å². The normalized spacial score (nSPS) is 16.5. The van der Waals surface area contributed by atoms with E-state index >= 15 is 0 Å². The van der Waals surface area contributed by atoms with Crippen LogP contribution in [0.5, 0.6) is 0 Å². The van der Waals surface area contributed by atoms with E-state index in [4.69, 9.17) is 0 Å². The number of benzene rings is 1. The van der Waals surface area contributed by atoms with Crippen LogP contribution in [0, 0.1) is 5.92 Å². The zero-order valence-electron chi connectivity index (χ0n) is 15.7. The van der Waals surface area contributed by atoms with Crippen LogP contribution in [0.25, 0.3) is 5.69 Å². The first-order valence-electron chi connectivity index (χ1n) is 9.34. The van der Waals surface area contributed by atoms with E-state index in [1.54, 1.807) is 0 Å². The summed E-state index contributed by atoms with van der Waals surface area (Å²) >= 11 is 1.42. The van der Waals surface area contributed by atoms with E-state index in [2.05, 4.69) is 22.3 Å². The third-order valence-corrected chi connectivity index (χ3v) is 6.46. The summed E-state index contributed by atoms with van der Waals surface area (Å²) in [6.45, 7) is 2.16. The number of aromatic nitrogens is 3. The molecule has 152 valence electrons. The number of hydrogen-bond acceptors (Lipinski definition) is 4. The summed E-state index contributed by atoms with van der Waals surface area (Å²) in [4.78, 5) is 18.4. The van der Waals surface area contributed by atoms with Crippen LogP contribution in [-0.4, -0.2) is 20.7 Å². The molecule has 0 bridgehead atoms. The number of carbonyl (C=O) groups is 1. The second kappa shape index (κ2) is 7.62. The number of anilines is 1. The Kier molecular flexibility index (Phi) is 5.16. The second-order valence-corrected chi connectivity index (χ2v) is 8.24. The first-order chi connectivity index (χ1) is 13.8. The average molecular weight is 420 g/mol. The van der Waals surface area contributed by atoms with Crippen molar-refractivity contribution in [3.8, 4) is 5.69 Å². The monoisotopic (exact) mass is 420 g/mol. The van der Waals surface area contributed by atoms with Crippen LogP contribution in [0.4, 0.5) is 18.9 Å². The molecule has 9 heteroatoms. The Morgan fingerprint density at radius 1 is 1.34 bits per heavy atom. The minimum Gasteiger partial charge on any atom is -0.319 e. The highest BCUT2D eigenvalue weighted by molar-refractivity contribution is 7.14. The predicted molar refractivity (Wildman–Crippen MR) is 104 cm³/mol. The lowest BCUT2D eigenvalue weighted by Crippen LogP contribution is -2.15. The number of nitrogens with zero attached hydrogens (tertiary/aromatic N) is 3. The number of nitrogens with one attached hydrogen (secondary N) is 1. The zero-order chi connectivity index (χ0) is 20.6. The number of halogens is 3. The summed E-state index contributed by atoms with van der Waals surface area (Å²) < 4.78 is 40.9. The predicted octanol–water partition coefficient (Wildman–Crippen LogP) is 5.11. The summed E-state index contributed by atoms with van der Waals surface area (Å²) in [5.74, 6) is 0.202. The molecule has 2 aromatic heterocycles. The molecule has 0 radical (unpaired) electrons. The van der Waals surface area contributed by atoms with Gasteiger partial charge in [-0.2, -0.15) is 18.3 Å². The van der Waals surface area contributed by atoms with Gasteiger partial charge in [-0.1, -0.05) is 13.3 Å². The first-order valence-corrected chi connectivity index (χ1v) is 10.2. The summed E-state index contributed by atoms with van der Waals surface area (Å²) in [6, 6.07) is 5.04. The molecule has 0 spiro atoms. The van der Waals surface area contributed by atoms with Crippen molar-refractivity contribution < 1.29 is 18.0 Å². The summed E-state index contributed by atoms with van der Waals surface area (Å²) in [7, 11) is 0. The van der Waals surface area contributed by atoms with Gasteiger partial charge in [-0.15, -0.1) is 11.3 Å². The molecular formula is C20H19F3N4OS. The van der Waals surface area contributed by atoms with Crippen molar-refractivity contribution in [2.75, 3.05) is 5.32 Å². The van der Waals surface area contributed by atoms with Gasteiger partial charge in [0.25, 0.3) is 5.91 Å². The maximum absolute atomic E-state index is 13.2. The second-order valence-electron chi connectivity index (χ2n) is 7.10. The van der Waals surface area contributed by atoms with Crippen LogP contribution < -0.4 is 5.32 Å². The van der Waals surface area contributed by atoms with Gasteiger partial charge < -0.3 is 5.32 Å². The Balaban J connectivity index is 1.65. The Labute approximate surface area is 169 Å². The average Bonchev–Trinajstić information content (AvgIpc) is 3.36. The molecule has 0 saturated heterocycles. The van der Waals surface area contributed by atoms with Gasteiger partial charge in [-0.3, -0.25) is 4.79 Å². The van der Waals surface area contributed by atoms with E-state index in [-0.39, 0.29) is 5.69 Å². The van der Waals surface area contributed by atoms with Crippen LogP contribution in [0.3, 0.4) is 0 Å². The maximum Gasteiger partial charge on any atom is 0.416 e. The van der Waals surface area contributed by atoms with E-state index < -0.39 is 17.6 Å². The number of thiophene rings is 1. The van der Waals surface area contributed by atoms with Crippen LogP contribution in [0.2, 0.25) is 0 Å². The fraction of sp³-hybridized carbons (Fsp3) is 0.350. The minimum absolute atomic E-state index is 0.0353. The van der Waals surface area contributed by atoms with Crippen molar-refractivity contribution in [3.05, 3.63) is 57.8 Å². The molecule has 29 heavy (non-hydrogen) atoms. The molecule has 1 aromatic carbocycles. The number of alkyl halides is 3. The SMILES string of the molecule is CC[C@H]1CCc2sc(C(=O)Nc3cc(C(F)(F)F)ccc3-n3cncn3)cc2C1. The maximum atomic E-state index is 13.2. The topological polar surface area (TPSA) is 59.8 Å². The van der Waals surface area contributed by atoms with E-state index in [0.29, 0.717) is 16.5 Å². The number of aryl methyl sites for hydroxylation is 1. The number of hydrogen-bond donors (Lipinski definition) is 1. The molecule has 1 N–H and O–H groups in total. The molecule has 0 saturated carbocycles. The zero-order valence-corrected chi connectivity index (χ0v) is 16.5. The van der Waals surface area contributed by atoms with Crippen molar-refractivity contribution >= 4 is 22.9 Å². The molecule has 1 aliphatic rings. The number of carbonyl (C=O) groups excluding carboxylic acids is 1. The quantitative estimate of drug-likeness (QED) is 0.638. The Bertz CT molecular complexity index is 1030. The van der Waals surface area contributed by atoms with Gasteiger partial charge in [-0.25, -0.2) is 9.67 Å². The van der Waals surface area contributed by atoms with Crippen molar-refractivity contribution in [1.29, 1.82) is 0 Å². The van der Waals surface area contributed by atoms with Crippen LogP contribution >= 0.6 is 11.3 Å². The molecular weight excluding hydrogens is 401 g/mol. The van der Waals surface area contributed by atoms with Gasteiger partial charge in [0.2, 0.25) is 0 Å². The lowest BCUT2D eigenvalue weighted by Gasteiger charge is -2.19. The van der Waals surface area contributed by atoms with Gasteiger partial charge in [-0.05, 0) is 55.0 Å². The Hall–Kier alpha value is -2.68. The fourth-order valence-corrected chi connectivity index (χ4v) is 4.69. The third-order valence-electron chi connectivity index (χ3n) is 5.22. The molecule has 1 amide bonds. The van der Waals surface area contributed by atoms with Crippen LogP contribution in [0.1, 0.15) is 45.4 Å². The number of rotatable bonds is 4. The molecule has 2 heterocycles. The van der Waals surface area contributed by atoms with E-state index in [1.807, 2.05) is 6.07 Å². The molecule has 1 aliphatic carbocycles. The molecule has 3 aromatic rings.